The minimum Gasteiger partial charge on any atom is -0.481 e. The summed E-state index contributed by atoms with van der Waals surface area (Å²) < 4.78 is 0. The number of rotatable bonds is 3. The molecule has 1 amide bonds. The number of hydrogen-bond acceptors (Lipinski definition) is 2. The number of nitrogens with zero attached hydrogens (tertiary/aromatic N) is 1. The van der Waals surface area contributed by atoms with Gasteiger partial charge in [-0.1, -0.05) is 19.8 Å². The molecule has 1 aliphatic carbocycles. The second-order valence-electron chi connectivity index (χ2n) is 6.03. The maximum atomic E-state index is 12.2. The summed E-state index contributed by atoms with van der Waals surface area (Å²) in [7, 11) is 0. The average molecular weight is 253 g/mol. The topological polar surface area (TPSA) is 57.6 Å². The van der Waals surface area contributed by atoms with Gasteiger partial charge in [-0.25, -0.2) is 0 Å². The lowest BCUT2D eigenvalue weighted by Crippen LogP contribution is -2.45. The molecule has 2 rings (SSSR count). The van der Waals surface area contributed by atoms with Gasteiger partial charge in [0.1, 0.15) is 0 Å². The predicted molar refractivity (Wildman–Crippen MR) is 68.1 cm³/mol. The molecule has 2 aliphatic rings. The standard InChI is InChI=1S/C14H23NO3/c1-10-6-12(14(17)18)9-15(8-10)13(16)7-11-4-2-3-5-11/h10-12H,2-9H2,1H3,(H,17,18). The fourth-order valence-corrected chi connectivity index (χ4v) is 3.32. The van der Waals surface area contributed by atoms with E-state index in [1.54, 1.807) is 4.90 Å². The second-order valence-corrected chi connectivity index (χ2v) is 6.03. The van der Waals surface area contributed by atoms with E-state index < -0.39 is 5.97 Å². The van der Waals surface area contributed by atoms with E-state index in [9.17, 15) is 9.59 Å². The van der Waals surface area contributed by atoms with E-state index in [0.29, 0.717) is 31.2 Å². The number of amides is 1. The lowest BCUT2D eigenvalue weighted by atomic mass is 9.90. The predicted octanol–water partition coefficient (Wildman–Crippen LogP) is 2.14. The third-order valence-corrected chi connectivity index (χ3v) is 4.30. The molecule has 1 saturated carbocycles. The minimum atomic E-state index is -0.764. The van der Waals surface area contributed by atoms with Crippen LogP contribution in [-0.4, -0.2) is 35.0 Å². The number of carbonyl (C=O) groups is 2. The first-order chi connectivity index (χ1) is 8.56. The molecule has 1 aliphatic heterocycles. The van der Waals surface area contributed by atoms with Crippen molar-refractivity contribution in [2.75, 3.05) is 13.1 Å². The Hall–Kier alpha value is -1.06. The zero-order chi connectivity index (χ0) is 13.1. The Morgan fingerprint density at radius 1 is 1.22 bits per heavy atom. The van der Waals surface area contributed by atoms with Crippen molar-refractivity contribution in [2.24, 2.45) is 17.8 Å². The summed E-state index contributed by atoms with van der Waals surface area (Å²) in [5, 5.41) is 9.10. The first kappa shape index (κ1) is 13.4. The van der Waals surface area contributed by atoms with Crippen molar-refractivity contribution in [2.45, 2.75) is 45.4 Å². The maximum absolute atomic E-state index is 12.2. The highest BCUT2D eigenvalue weighted by Crippen LogP contribution is 2.29. The fraction of sp³-hybridized carbons (Fsp3) is 0.857. The van der Waals surface area contributed by atoms with Gasteiger partial charge in [0.05, 0.1) is 5.92 Å². The van der Waals surface area contributed by atoms with Gasteiger partial charge in [-0.15, -0.1) is 0 Å². The Morgan fingerprint density at radius 2 is 1.89 bits per heavy atom. The van der Waals surface area contributed by atoms with Gasteiger partial charge in [-0.2, -0.15) is 0 Å². The van der Waals surface area contributed by atoms with Crippen LogP contribution in [0.2, 0.25) is 0 Å². The van der Waals surface area contributed by atoms with Crippen molar-refractivity contribution >= 4 is 11.9 Å². The van der Waals surface area contributed by atoms with Gasteiger partial charge in [0.2, 0.25) is 5.91 Å². The summed E-state index contributed by atoms with van der Waals surface area (Å²) >= 11 is 0. The van der Waals surface area contributed by atoms with Crippen molar-refractivity contribution in [3.63, 3.8) is 0 Å². The highest BCUT2D eigenvalue weighted by atomic mass is 16.4. The van der Waals surface area contributed by atoms with Gasteiger partial charge < -0.3 is 10.0 Å². The molecule has 0 aromatic carbocycles. The van der Waals surface area contributed by atoms with E-state index >= 15 is 0 Å². The van der Waals surface area contributed by atoms with Crippen molar-refractivity contribution < 1.29 is 14.7 Å². The molecule has 0 radical (unpaired) electrons. The Balaban J connectivity index is 1.89. The first-order valence-electron chi connectivity index (χ1n) is 7.07. The van der Waals surface area contributed by atoms with E-state index in [1.165, 1.54) is 12.8 Å². The molecule has 0 spiro atoms. The molecular formula is C14H23NO3. The molecule has 18 heavy (non-hydrogen) atoms. The van der Waals surface area contributed by atoms with Crippen LogP contribution in [0.25, 0.3) is 0 Å². The van der Waals surface area contributed by atoms with Gasteiger partial charge in [0, 0.05) is 19.5 Å². The summed E-state index contributed by atoms with van der Waals surface area (Å²) in [5.41, 5.74) is 0. The number of carbonyl (C=O) groups excluding carboxylic acids is 1. The highest BCUT2D eigenvalue weighted by Gasteiger charge is 2.32. The smallest absolute Gasteiger partial charge is 0.308 e. The summed E-state index contributed by atoms with van der Waals surface area (Å²) in [4.78, 5) is 25.1. The van der Waals surface area contributed by atoms with E-state index in [1.807, 2.05) is 6.92 Å². The zero-order valence-electron chi connectivity index (χ0n) is 11.1. The van der Waals surface area contributed by atoms with Crippen LogP contribution in [-0.2, 0) is 9.59 Å². The normalized spacial score (nSPS) is 29.5. The monoisotopic (exact) mass is 253 g/mol. The second kappa shape index (κ2) is 5.72. The molecule has 2 atom stereocenters. The zero-order valence-corrected chi connectivity index (χ0v) is 11.1. The summed E-state index contributed by atoms with van der Waals surface area (Å²) in [6.45, 7) is 3.17. The van der Waals surface area contributed by atoms with Gasteiger partial charge >= 0.3 is 5.97 Å². The molecule has 1 heterocycles. The SMILES string of the molecule is CC1CC(C(=O)O)CN(C(=O)CC2CCCC2)C1. The molecule has 4 heteroatoms. The third-order valence-electron chi connectivity index (χ3n) is 4.30. The Morgan fingerprint density at radius 3 is 2.50 bits per heavy atom. The van der Waals surface area contributed by atoms with Crippen LogP contribution in [0.4, 0.5) is 0 Å². The first-order valence-corrected chi connectivity index (χ1v) is 7.07. The van der Waals surface area contributed by atoms with Gasteiger partial charge in [0.15, 0.2) is 0 Å². The molecule has 1 N–H and O–H groups in total. The quantitative estimate of drug-likeness (QED) is 0.838. The van der Waals surface area contributed by atoms with Crippen LogP contribution >= 0.6 is 0 Å². The van der Waals surface area contributed by atoms with Crippen LogP contribution in [0.15, 0.2) is 0 Å². The number of carboxylic acid groups (broad SMARTS) is 1. The largest absolute Gasteiger partial charge is 0.481 e. The molecular weight excluding hydrogens is 230 g/mol. The Labute approximate surface area is 108 Å². The van der Waals surface area contributed by atoms with Crippen LogP contribution in [0.1, 0.15) is 45.4 Å². The van der Waals surface area contributed by atoms with Gasteiger partial charge in [-0.3, -0.25) is 9.59 Å². The number of hydrogen-bond donors (Lipinski definition) is 1. The fourth-order valence-electron chi connectivity index (χ4n) is 3.32. The molecule has 4 nitrogen and oxygen atoms in total. The number of likely N-dealkylation sites (tertiary alicyclic amines) is 1. The molecule has 102 valence electrons. The molecule has 1 saturated heterocycles. The highest BCUT2D eigenvalue weighted by molar-refractivity contribution is 5.78. The van der Waals surface area contributed by atoms with E-state index in [4.69, 9.17) is 5.11 Å². The molecule has 2 unspecified atom stereocenters. The van der Waals surface area contributed by atoms with Crippen LogP contribution in [0, 0.1) is 17.8 Å². The van der Waals surface area contributed by atoms with Crippen LogP contribution in [0.5, 0.6) is 0 Å². The number of carboxylic acids is 1. The molecule has 0 aromatic heterocycles. The van der Waals surface area contributed by atoms with Gasteiger partial charge in [-0.05, 0) is 31.1 Å². The van der Waals surface area contributed by atoms with E-state index in [2.05, 4.69) is 0 Å². The molecule has 2 fully saturated rings. The maximum Gasteiger partial charge on any atom is 0.308 e. The van der Waals surface area contributed by atoms with Crippen molar-refractivity contribution in [1.82, 2.24) is 4.90 Å². The van der Waals surface area contributed by atoms with Crippen molar-refractivity contribution in [1.29, 1.82) is 0 Å². The summed E-state index contributed by atoms with van der Waals surface area (Å²) in [5.74, 6) is -0.133. The van der Waals surface area contributed by atoms with E-state index in [0.717, 1.165) is 19.4 Å². The van der Waals surface area contributed by atoms with Crippen LogP contribution < -0.4 is 0 Å². The number of piperidine rings is 1. The average Bonchev–Trinajstić information content (AvgIpc) is 2.80. The van der Waals surface area contributed by atoms with E-state index in [-0.39, 0.29) is 11.8 Å². The Kier molecular flexibility index (Phi) is 4.25. The van der Waals surface area contributed by atoms with Crippen molar-refractivity contribution in [3.05, 3.63) is 0 Å². The van der Waals surface area contributed by atoms with Gasteiger partial charge in [0.25, 0.3) is 0 Å². The number of aliphatic carboxylic acids is 1. The van der Waals surface area contributed by atoms with Crippen LogP contribution in [0.3, 0.4) is 0 Å². The third kappa shape index (κ3) is 3.24. The Bertz CT molecular complexity index is 323. The lowest BCUT2D eigenvalue weighted by Gasteiger charge is -2.35. The molecule has 0 bridgehead atoms. The summed E-state index contributed by atoms with van der Waals surface area (Å²) in [6, 6.07) is 0. The lowest BCUT2D eigenvalue weighted by molar-refractivity contribution is -0.147. The molecule has 0 aromatic rings. The van der Waals surface area contributed by atoms with Crippen molar-refractivity contribution in [3.8, 4) is 0 Å². The summed E-state index contributed by atoms with van der Waals surface area (Å²) in [6.07, 6.45) is 6.13. The minimum absolute atomic E-state index is 0.166.